The molecule has 2 aromatic heterocycles. The maximum absolute atomic E-state index is 13.0. The summed E-state index contributed by atoms with van der Waals surface area (Å²) in [6.45, 7) is 3.14. The SMILES string of the molecule is C[C@H]1C[C@@H](c2ncc(-c3ccc(C(F)(F)F)cc3)[nH]2)CCN1Cc1noc(-c2cccc(C(F)(F)F)c2)n1. The van der Waals surface area contributed by atoms with Crippen LogP contribution in [0.5, 0.6) is 0 Å². The molecule has 1 aliphatic heterocycles. The van der Waals surface area contributed by atoms with Crippen LogP contribution in [0.4, 0.5) is 26.3 Å². The number of piperidine rings is 1. The van der Waals surface area contributed by atoms with Crippen LogP contribution in [0.2, 0.25) is 0 Å². The molecule has 0 aliphatic carbocycles. The lowest BCUT2D eigenvalue weighted by Gasteiger charge is -2.36. The highest BCUT2D eigenvalue weighted by molar-refractivity contribution is 5.59. The Morgan fingerprint density at radius 2 is 1.71 bits per heavy atom. The van der Waals surface area contributed by atoms with Crippen molar-refractivity contribution in [1.29, 1.82) is 0 Å². The molecule has 5 rings (SSSR count). The van der Waals surface area contributed by atoms with Crippen molar-refractivity contribution in [2.75, 3.05) is 6.54 Å². The monoisotopic (exact) mass is 535 g/mol. The summed E-state index contributed by atoms with van der Waals surface area (Å²) in [4.78, 5) is 14.2. The lowest BCUT2D eigenvalue weighted by atomic mass is 9.91. The second-order valence-electron chi connectivity index (χ2n) is 9.39. The first kappa shape index (κ1) is 26.0. The zero-order valence-electron chi connectivity index (χ0n) is 20.1. The van der Waals surface area contributed by atoms with Gasteiger partial charge in [0.1, 0.15) is 5.82 Å². The Bertz CT molecular complexity index is 1390. The number of aromatic nitrogens is 4. The third-order valence-corrected chi connectivity index (χ3v) is 6.77. The molecule has 0 saturated carbocycles. The summed E-state index contributed by atoms with van der Waals surface area (Å²) in [7, 11) is 0. The Kier molecular flexibility index (Phi) is 6.76. The topological polar surface area (TPSA) is 70.8 Å². The molecular formula is C26H23F6N5O. The largest absolute Gasteiger partial charge is 0.416 e. The van der Waals surface area contributed by atoms with Crippen molar-refractivity contribution in [3.63, 3.8) is 0 Å². The van der Waals surface area contributed by atoms with E-state index in [1.807, 2.05) is 0 Å². The molecule has 12 heteroatoms. The van der Waals surface area contributed by atoms with Crippen molar-refractivity contribution in [2.24, 2.45) is 0 Å². The molecule has 0 bridgehead atoms. The van der Waals surface area contributed by atoms with Gasteiger partial charge in [0.25, 0.3) is 5.89 Å². The molecule has 1 fully saturated rings. The van der Waals surface area contributed by atoms with Crippen LogP contribution in [-0.2, 0) is 18.9 Å². The zero-order chi connectivity index (χ0) is 27.1. The third-order valence-electron chi connectivity index (χ3n) is 6.77. The minimum Gasteiger partial charge on any atom is -0.342 e. The lowest BCUT2D eigenvalue weighted by molar-refractivity contribution is -0.138. The third kappa shape index (κ3) is 5.59. The number of nitrogens with zero attached hydrogens (tertiary/aromatic N) is 4. The normalized spacial score (nSPS) is 19.1. The van der Waals surface area contributed by atoms with Gasteiger partial charge >= 0.3 is 12.4 Å². The molecule has 1 aliphatic rings. The summed E-state index contributed by atoms with van der Waals surface area (Å²) in [6, 6.07) is 9.82. The minimum atomic E-state index is -4.47. The first-order chi connectivity index (χ1) is 18.0. The maximum atomic E-state index is 13.0. The molecule has 200 valence electrons. The Balaban J connectivity index is 1.21. The highest BCUT2D eigenvalue weighted by Crippen LogP contribution is 2.34. The number of imidazole rings is 1. The van der Waals surface area contributed by atoms with Crippen LogP contribution in [0.3, 0.4) is 0 Å². The number of benzene rings is 2. The summed E-state index contributed by atoms with van der Waals surface area (Å²) in [5.41, 5.74) is -0.0174. The van der Waals surface area contributed by atoms with Crippen LogP contribution in [0.1, 0.15) is 48.5 Å². The van der Waals surface area contributed by atoms with E-state index in [2.05, 4.69) is 31.9 Å². The quantitative estimate of drug-likeness (QED) is 0.281. The highest BCUT2D eigenvalue weighted by Gasteiger charge is 2.32. The lowest BCUT2D eigenvalue weighted by Crippen LogP contribution is -2.40. The Labute approximate surface area is 213 Å². The van der Waals surface area contributed by atoms with Crippen LogP contribution in [0.25, 0.3) is 22.7 Å². The van der Waals surface area contributed by atoms with Gasteiger partial charge in [-0.25, -0.2) is 4.98 Å². The second-order valence-corrected chi connectivity index (χ2v) is 9.39. The number of hydrogen-bond donors (Lipinski definition) is 1. The van der Waals surface area contributed by atoms with Crippen molar-refractivity contribution in [1.82, 2.24) is 25.0 Å². The van der Waals surface area contributed by atoms with E-state index in [0.717, 1.165) is 42.9 Å². The molecule has 4 aromatic rings. The van der Waals surface area contributed by atoms with Crippen molar-refractivity contribution < 1.29 is 30.9 Å². The summed E-state index contributed by atoms with van der Waals surface area (Å²) in [6.07, 6.45) is -5.67. The van der Waals surface area contributed by atoms with Crippen LogP contribution in [0, 0.1) is 0 Å². The fourth-order valence-electron chi connectivity index (χ4n) is 4.68. The molecular weight excluding hydrogens is 512 g/mol. The van der Waals surface area contributed by atoms with E-state index < -0.39 is 23.5 Å². The molecule has 0 radical (unpaired) electrons. The fraction of sp³-hybridized carbons (Fsp3) is 0.346. The summed E-state index contributed by atoms with van der Waals surface area (Å²) in [5.74, 6) is 1.32. The van der Waals surface area contributed by atoms with Crippen LogP contribution < -0.4 is 0 Å². The molecule has 3 heterocycles. The average Bonchev–Trinajstić information content (AvgIpc) is 3.55. The first-order valence-corrected chi connectivity index (χ1v) is 11.9. The molecule has 0 unspecified atom stereocenters. The fourth-order valence-corrected chi connectivity index (χ4v) is 4.68. The number of nitrogens with one attached hydrogen (secondary N) is 1. The van der Waals surface area contributed by atoms with E-state index in [-0.39, 0.29) is 23.4 Å². The smallest absolute Gasteiger partial charge is 0.342 e. The van der Waals surface area contributed by atoms with Gasteiger partial charge in [-0.05, 0) is 62.2 Å². The number of H-pyrrole nitrogens is 1. The van der Waals surface area contributed by atoms with Crippen molar-refractivity contribution in [3.05, 3.63) is 77.5 Å². The molecule has 1 saturated heterocycles. The van der Waals surface area contributed by atoms with Gasteiger partial charge in [-0.2, -0.15) is 31.3 Å². The number of alkyl halides is 6. The van der Waals surface area contributed by atoms with Crippen molar-refractivity contribution in [2.45, 2.75) is 50.6 Å². The molecule has 0 spiro atoms. The van der Waals surface area contributed by atoms with Gasteiger partial charge in [-0.1, -0.05) is 23.4 Å². The molecule has 1 N–H and O–H groups in total. The van der Waals surface area contributed by atoms with Gasteiger partial charge in [-0.15, -0.1) is 0 Å². The molecule has 0 amide bonds. The number of aromatic amines is 1. The van der Waals surface area contributed by atoms with E-state index in [9.17, 15) is 26.3 Å². The molecule has 38 heavy (non-hydrogen) atoms. The van der Waals surface area contributed by atoms with Crippen molar-refractivity contribution >= 4 is 0 Å². The van der Waals surface area contributed by atoms with Crippen LogP contribution in [-0.4, -0.2) is 37.6 Å². The van der Waals surface area contributed by atoms with Gasteiger partial charge in [-0.3, -0.25) is 4.90 Å². The highest BCUT2D eigenvalue weighted by atomic mass is 19.4. The van der Waals surface area contributed by atoms with E-state index in [1.54, 1.807) is 6.20 Å². The number of hydrogen-bond acceptors (Lipinski definition) is 5. The Hall–Kier alpha value is -3.67. The minimum absolute atomic E-state index is 0.0278. The number of likely N-dealkylation sites (tertiary alicyclic amines) is 1. The summed E-state index contributed by atoms with van der Waals surface area (Å²) >= 11 is 0. The van der Waals surface area contributed by atoms with E-state index in [0.29, 0.717) is 30.2 Å². The Morgan fingerprint density at radius 3 is 2.39 bits per heavy atom. The molecule has 2 aromatic carbocycles. The number of halogens is 6. The van der Waals surface area contributed by atoms with E-state index >= 15 is 0 Å². The van der Waals surface area contributed by atoms with Gasteiger partial charge in [0.15, 0.2) is 5.82 Å². The molecule has 2 atom stereocenters. The Morgan fingerprint density at radius 1 is 0.974 bits per heavy atom. The van der Waals surface area contributed by atoms with E-state index in [1.165, 1.54) is 24.3 Å². The summed E-state index contributed by atoms with van der Waals surface area (Å²) < 4.78 is 82.8. The van der Waals surface area contributed by atoms with Gasteiger partial charge < -0.3 is 9.51 Å². The summed E-state index contributed by atoms with van der Waals surface area (Å²) in [5, 5.41) is 3.95. The van der Waals surface area contributed by atoms with Crippen LogP contribution in [0.15, 0.2) is 59.3 Å². The van der Waals surface area contributed by atoms with E-state index in [4.69, 9.17) is 4.52 Å². The number of rotatable bonds is 5. The van der Waals surface area contributed by atoms with Gasteiger partial charge in [0.2, 0.25) is 0 Å². The van der Waals surface area contributed by atoms with Gasteiger partial charge in [0.05, 0.1) is 29.6 Å². The van der Waals surface area contributed by atoms with Crippen molar-refractivity contribution in [3.8, 4) is 22.7 Å². The maximum Gasteiger partial charge on any atom is 0.416 e. The molecule has 6 nitrogen and oxygen atoms in total. The van der Waals surface area contributed by atoms with Gasteiger partial charge in [0, 0.05) is 17.5 Å². The second kappa shape index (κ2) is 9.90. The predicted molar refractivity (Wildman–Crippen MR) is 126 cm³/mol. The average molecular weight is 535 g/mol. The predicted octanol–water partition coefficient (Wildman–Crippen LogP) is 6.93. The van der Waals surface area contributed by atoms with Crippen LogP contribution >= 0.6 is 0 Å². The first-order valence-electron chi connectivity index (χ1n) is 11.9. The standard InChI is InChI=1S/C26H23F6N5O/c1-15-11-17(23-33-13-21(34-23)16-5-7-19(8-6-16)25(27,28)29)9-10-37(15)14-22-35-24(38-36-22)18-3-2-4-20(12-18)26(30,31)32/h2-8,12-13,15,17H,9-11,14H2,1H3,(H,33,34)/t15-,17-/m0/s1. The zero-order valence-corrected chi connectivity index (χ0v) is 20.1.